The van der Waals surface area contributed by atoms with Gasteiger partial charge in [-0.25, -0.2) is 0 Å². The van der Waals surface area contributed by atoms with Crippen LogP contribution in [0.25, 0.3) is 0 Å². The van der Waals surface area contributed by atoms with Crippen LogP contribution in [0.1, 0.15) is 134 Å². The quantitative estimate of drug-likeness (QED) is 0.192. The van der Waals surface area contributed by atoms with Gasteiger partial charge in [-0.2, -0.15) is 0 Å². The van der Waals surface area contributed by atoms with Crippen LogP contribution in [-0.2, 0) is 9.22 Å². The Balaban J connectivity index is 1.72. The lowest BCUT2D eigenvalue weighted by Crippen LogP contribution is -2.67. The molecule has 0 saturated heterocycles. The van der Waals surface area contributed by atoms with Crippen LogP contribution in [0.15, 0.2) is 11.6 Å². The van der Waals surface area contributed by atoms with E-state index in [4.69, 9.17) is 4.43 Å². The summed E-state index contributed by atoms with van der Waals surface area (Å²) in [4.78, 5) is 13.1. The number of hydrogen-bond donors (Lipinski definition) is 0. The van der Waals surface area contributed by atoms with Crippen LogP contribution in [-0.4, -0.2) is 20.7 Å². The average molecular weight is 569 g/mol. The van der Waals surface area contributed by atoms with Crippen molar-refractivity contribution in [1.29, 1.82) is 0 Å². The predicted molar refractivity (Wildman–Crippen MR) is 172 cm³/mol. The Morgan fingerprint density at radius 3 is 2.12 bits per heavy atom. The molecule has 0 aliphatic heterocycles. The molecule has 5 aliphatic rings. The maximum atomic E-state index is 13.1. The maximum Gasteiger partial charge on any atom is 0.192 e. The molecule has 2 nitrogen and oxygen atoms in total. The zero-order valence-electron chi connectivity index (χ0n) is 28.7. The largest absolute Gasteiger partial charge is 0.410 e. The Kier molecular flexibility index (Phi) is 7.02. The number of carbonyl (C=O) groups excluding carboxylic acids is 1. The van der Waals surface area contributed by atoms with Gasteiger partial charge in [0.1, 0.15) is 6.29 Å². The third kappa shape index (κ3) is 4.11. The second kappa shape index (κ2) is 9.06. The molecule has 9 atom stereocenters. The van der Waals surface area contributed by atoms with E-state index in [0.29, 0.717) is 17.3 Å². The highest BCUT2D eigenvalue weighted by Crippen LogP contribution is 2.76. The summed E-state index contributed by atoms with van der Waals surface area (Å²) in [6.45, 7) is 32.6. The molecule has 40 heavy (non-hydrogen) atoms. The third-order valence-electron chi connectivity index (χ3n) is 15.7. The van der Waals surface area contributed by atoms with Gasteiger partial charge in [0.25, 0.3) is 0 Å². The molecule has 4 saturated carbocycles. The minimum atomic E-state index is -2.05. The Hall–Kier alpha value is -0.413. The monoisotopic (exact) mass is 568 g/mol. The van der Waals surface area contributed by atoms with Crippen LogP contribution in [0.2, 0.25) is 18.1 Å². The van der Waals surface area contributed by atoms with Crippen molar-refractivity contribution in [1.82, 2.24) is 0 Å². The van der Waals surface area contributed by atoms with Gasteiger partial charge in [0, 0.05) is 5.41 Å². The highest BCUT2D eigenvalue weighted by molar-refractivity contribution is 6.74. The molecule has 0 aromatic rings. The SMILES string of the molecule is C[C@H]1CC[C@]2(C)C3=C[C@@H](O[Si](C)(C)C(C)(C)C)[C@@H]4[C@@H]5CC(C)(C)CC[C@]5(C=O)CC[C@@]4(C)[C@]3(C)CC[C@H]2C1(C)C. The van der Waals surface area contributed by atoms with Crippen molar-refractivity contribution in [3.63, 3.8) is 0 Å². The van der Waals surface area contributed by atoms with Gasteiger partial charge >= 0.3 is 0 Å². The lowest BCUT2D eigenvalue weighted by molar-refractivity contribution is -0.188. The van der Waals surface area contributed by atoms with Gasteiger partial charge < -0.3 is 9.22 Å². The molecule has 0 unspecified atom stereocenters. The Labute approximate surface area is 249 Å². The van der Waals surface area contributed by atoms with Crippen LogP contribution in [0.5, 0.6) is 0 Å². The zero-order valence-corrected chi connectivity index (χ0v) is 29.7. The van der Waals surface area contributed by atoms with Crippen molar-refractivity contribution in [2.75, 3.05) is 0 Å². The molecule has 3 heteroatoms. The zero-order chi connectivity index (χ0) is 29.9. The normalized spacial score (nSPS) is 48.1. The fourth-order valence-corrected chi connectivity index (χ4v) is 12.5. The first-order valence-electron chi connectivity index (χ1n) is 17.0. The second-order valence-corrected chi connectivity index (χ2v) is 24.1. The van der Waals surface area contributed by atoms with Crippen molar-refractivity contribution in [3.8, 4) is 0 Å². The smallest absolute Gasteiger partial charge is 0.192 e. The van der Waals surface area contributed by atoms with E-state index in [1.165, 1.54) is 44.8 Å². The van der Waals surface area contributed by atoms with E-state index in [1.54, 1.807) is 5.57 Å². The Bertz CT molecular complexity index is 1060. The summed E-state index contributed by atoms with van der Waals surface area (Å²) >= 11 is 0. The summed E-state index contributed by atoms with van der Waals surface area (Å²) < 4.78 is 7.62. The highest BCUT2D eigenvalue weighted by atomic mass is 28.4. The van der Waals surface area contributed by atoms with Gasteiger partial charge in [-0.15, -0.1) is 0 Å². The molecule has 4 fully saturated rings. The van der Waals surface area contributed by atoms with Gasteiger partial charge in [-0.05, 0) is 127 Å². The minimum Gasteiger partial charge on any atom is -0.410 e. The van der Waals surface area contributed by atoms with E-state index in [0.717, 1.165) is 31.1 Å². The lowest BCUT2D eigenvalue weighted by Gasteiger charge is -2.72. The van der Waals surface area contributed by atoms with E-state index in [2.05, 4.69) is 95.3 Å². The third-order valence-corrected chi connectivity index (χ3v) is 20.1. The van der Waals surface area contributed by atoms with Crippen molar-refractivity contribution < 1.29 is 9.22 Å². The van der Waals surface area contributed by atoms with Crippen LogP contribution < -0.4 is 0 Å². The fraction of sp³-hybridized carbons (Fsp3) is 0.919. The molecule has 0 N–H and O–H groups in total. The molecule has 5 rings (SSSR count). The van der Waals surface area contributed by atoms with E-state index in [-0.39, 0.29) is 38.2 Å². The van der Waals surface area contributed by atoms with Crippen molar-refractivity contribution >= 4 is 14.6 Å². The molecular weight excluding hydrogens is 504 g/mol. The summed E-state index contributed by atoms with van der Waals surface area (Å²) in [7, 11) is -2.05. The molecule has 0 amide bonds. The number of allylic oxidation sites excluding steroid dienone is 1. The predicted octanol–water partition coefficient (Wildman–Crippen LogP) is 10.6. The molecular formula is C37H64O2Si. The van der Waals surface area contributed by atoms with E-state index in [9.17, 15) is 4.79 Å². The topological polar surface area (TPSA) is 26.3 Å². The summed E-state index contributed by atoms with van der Waals surface area (Å²) in [6, 6.07) is 0. The van der Waals surface area contributed by atoms with Crippen molar-refractivity contribution in [2.45, 2.75) is 158 Å². The summed E-state index contributed by atoms with van der Waals surface area (Å²) in [5.74, 6) is 2.31. The molecule has 0 aromatic carbocycles. The molecule has 0 bridgehead atoms. The van der Waals surface area contributed by atoms with E-state index >= 15 is 0 Å². The fourth-order valence-electron chi connectivity index (χ4n) is 11.3. The summed E-state index contributed by atoms with van der Waals surface area (Å²) in [5, 5.41) is 0.159. The van der Waals surface area contributed by atoms with Crippen molar-refractivity contribution in [2.24, 2.45) is 56.2 Å². The van der Waals surface area contributed by atoms with Crippen LogP contribution in [0, 0.1) is 56.2 Å². The first-order valence-corrected chi connectivity index (χ1v) is 19.9. The molecule has 0 spiro atoms. The lowest BCUT2D eigenvalue weighted by atomic mass is 9.33. The Morgan fingerprint density at radius 1 is 0.900 bits per heavy atom. The maximum absolute atomic E-state index is 13.1. The van der Waals surface area contributed by atoms with E-state index in [1.807, 2.05) is 0 Å². The number of rotatable bonds is 3. The van der Waals surface area contributed by atoms with Crippen molar-refractivity contribution in [3.05, 3.63) is 11.6 Å². The first kappa shape index (κ1) is 31.0. The standard InChI is InChI=1S/C37H64O2Si/c1-25-14-16-34(9)28(33(25,7)8)15-17-35(10)29(34)22-27(39-40(12,13)31(2,3)4)30-26-23-32(5,6)18-20-37(26,24-38)21-19-36(30,35)11/h22,24-28,30H,14-21,23H2,1-13H3/t25-,26-,27+,28-,30-,34-,35+,36+,37+/m0/s1. The van der Waals surface area contributed by atoms with Gasteiger partial charge in [-0.1, -0.05) is 87.8 Å². The average Bonchev–Trinajstić information content (AvgIpc) is 2.82. The highest BCUT2D eigenvalue weighted by Gasteiger charge is 2.70. The molecule has 0 aromatic heterocycles. The van der Waals surface area contributed by atoms with E-state index < -0.39 is 8.32 Å². The van der Waals surface area contributed by atoms with Crippen LogP contribution in [0.4, 0.5) is 0 Å². The number of aldehydes is 1. The summed E-state index contributed by atoms with van der Waals surface area (Å²) in [5.41, 5.74) is 2.79. The number of hydrogen-bond acceptors (Lipinski definition) is 2. The Morgan fingerprint density at radius 2 is 1.52 bits per heavy atom. The molecule has 0 radical (unpaired) electrons. The van der Waals surface area contributed by atoms with Crippen LogP contribution >= 0.6 is 0 Å². The number of fused-ring (bicyclic) bond motifs is 7. The number of carbonyl (C=O) groups is 1. The molecule has 5 aliphatic carbocycles. The van der Waals surface area contributed by atoms with Gasteiger partial charge in [0.05, 0.1) is 6.10 Å². The molecule has 0 heterocycles. The minimum absolute atomic E-state index is 0.116. The van der Waals surface area contributed by atoms with Gasteiger partial charge in [0.15, 0.2) is 8.32 Å². The van der Waals surface area contributed by atoms with Crippen LogP contribution in [0.3, 0.4) is 0 Å². The summed E-state index contributed by atoms with van der Waals surface area (Å²) in [6.07, 6.45) is 15.2. The molecule has 228 valence electrons. The first-order chi connectivity index (χ1) is 18.1. The van der Waals surface area contributed by atoms with Gasteiger partial charge in [-0.3, -0.25) is 0 Å². The van der Waals surface area contributed by atoms with Gasteiger partial charge in [0.2, 0.25) is 0 Å². The second-order valence-electron chi connectivity index (χ2n) is 19.3.